The van der Waals surface area contributed by atoms with Crippen molar-refractivity contribution in [1.29, 1.82) is 0 Å². The van der Waals surface area contributed by atoms with Crippen molar-refractivity contribution >= 4 is 17.6 Å². The number of aryl methyl sites for hydroxylation is 1. The van der Waals surface area contributed by atoms with Gasteiger partial charge in [0.25, 0.3) is 0 Å². The van der Waals surface area contributed by atoms with E-state index in [-0.39, 0.29) is 5.92 Å². The largest absolute Gasteiger partial charge is 0.449 e. The minimum Gasteiger partial charge on any atom is -0.449 e. The Kier molecular flexibility index (Phi) is 7.38. The van der Waals surface area contributed by atoms with Crippen LogP contribution in [0.25, 0.3) is 0 Å². The van der Waals surface area contributed by atoms with E-state index < -0.39 is 6.09 Å². The molecule has 3 aromatic rings. The maximum absolute atomic E-state index is 12.0. The minimum absolute atomic E-state index is 0.271. The number of hydrogen-bond acceptors (Lipinski definition) is 4. The van der Waals surface area contributed by atoms with E-state index in [1.807, 2.05) is 55.5 Å². The first-order valence-corrected chi connectivity index (χ1v) is 11.5. The molecule has 0 aliphatic carbocycles. The van der Waals surface area contributed by atoms with Gasteiger partial charge in [0, 0.05) is 19.0 Å². The maximum Gasteiger partial charge on any atom is 0.412 e. The number of ether oxygens (including phenoxy) is 1. The SMILES string of the molecule is CCCOC(=O)Nc1cc2c3c(n1)C(c1ccccc1)CCN3CCC2.c1ccccc1. The standard InChI is InChI=1S/C21H25N3O2.C6H6/c1-2-13-26-21(25)23-18-14-16-9-6-11-24-12-10-17(19(22-18)20(16)24)15-7-4-3-5-8-15;1-2-4-6-5-3-1/h3-5,7-8,14,17H,2,6,9-13H2,1H3,(H,22,23,25);1-6H. The van der Waals surface area contributed by atoms with E-state index in [1.165, 1.54) is 16.8 Å². The molecule has 1 unspecified atom stereocenters. The summed E-state index contributed by atoms with van der Waals surface area (Å²) < 4.78 is 5.16. The van der Waals surface area contributed by atoms with Crippen LogP contribution < -0.4 is 10.2 Å². The van der Waals surface area contributed by atoms with Crippen LogP contribution in [0.5, 0.6) is 0 Å². The number of carbonyl (C=O) groups is 1. The van der Waals surface area contributed by atoms with E-state index in [2.05, 4.69) is 34.5 Å². The Labute approximate surface area is 190 Å². The van der Waals surface area contributed by atoms with Crippen LogP contribution in [0.3, 0.4) is 0 Å². The Balaban J connectivity index is 0.000000354. The molecule has 5 rings (SSSR count). The van der Waals surface area contributed by atoms with Crippen molar-refractivity contribution in [2.75, 3.05) is 29.9 Å². The van der Waals surface area contributed by atoms with Gasteiger partial charge in [0.15, 0.2) is 0 Å². The third-order valence-corrected chi connectivity index (χ3v) is 5.84. The highest BCUT2D eigenvalue weighted by Crippen LogP contribution is 2.43. The smallest absolute Gasteiger partial charge is 0.412 e. The van der Waals surface area contributed by atoms with E-state index in [1.54, 1.807) is 0 Å². The molecule has 1 atom stereocenters. The first-order chi connectivity index (χ1) is 15.8. The van der Waals surface area contributed by atoms with Crippen LogP contribution in [0.4, 0.5) is 16.3 Å². The molecule has 1 aromatic heterocycles. The van der Waals surface area contributed by atoms with Gasteiger partial charge in [-0.3, -0.25) is 5.32 Å². The molecule has 0 saturated heterocycles. The average molecular weight is 430 g/mol. The molecule has 1 N–H and O–H groups in total. The van der Waals surface area contributed by atoms with E-state index in [0.29, 0.717) is 12.4 Å². The van der Waals surface area contributed by atoms with Crippen LogP contribution >= 0.6 is 0 Å². The molecular weight excluding hydrogens is 398 g/mol. The molecule has 5 nitrogen and oxygen atoms in total. The van der Waals surface area contributed by atoms with Gasteiger partial charge in [-0.05, 0) is 42.9 Å². The van der Waals surface area contributed by atoms with E-state index in [0.717, 1.165) is 44.5 Å². The van der Waals surface area contributed by atoms with E-state index in [9.17, 15) is 4.79 Å². The number of aromatic nitrogens is 1. The lowest BCUT2D eigenvalue weighted by Gasteiger charge is -2.39. The Morgan fingerprint density at radius 1 is 1.06 bits per heavy atom. The van der Waals surface area contributed by atoms with Gasteiger partial charge in [-0.1, -0.05) is 73.7 Å². The van der Waals surface area contributed by atoms with Crippen molar-refractivity contribution in [3.05, 3.63) is 89.6 Å². The number of pyridine rings is 1. The second-order valence-electron chi connectivity index (χ2n) is 8.16. The van der Waals surface area contributed by atoms with Gasteiger partial charge in [-0.25, -0.2) is 9.78 Å². The van der Waals surface area contributed by atoms with Crippen LogP contribution in [0, 0.1) is 0 Å². The first kappa shape index (κ1) is 21.9. The Bertz CT molecular complexity index is 981. The highest BCUT2D eigenvalue weighted by molar-refractivity contribution is 5.84. The predicted octanol–water partition coefficient (Wildman–Crippen LogP) is 6.01. The number of anilines is 2. The van der Waals surface area contributed by atoms with Crippen molar-refractivity contribution in [3.63, 3.8) is 0 Å². The summed E-state index contributed by atoms with van der Waals surface area (Å²) in [6.07, 6.45) is 3.61. The van der Waals surface area contributed by atoms with Crippen molar-refractivity contribution < 1.29 is 9.53 Å². The number of benzene rings is 2. The van der Waals surface area contributed by atoms with Gasteiger partial charge in [0.2, 0.25) is 0 Å². The minimum atomic E-state index is -0.425. The Hall–Kier alpha value is -3.34. The molecule has 2 aliphatic rings. The van der Waals surface area contributed by atoms with Crippen molar-refractivity contribution in [3.8, 4) is 0 Å². The lowest BCUT2D eigenvalue weighted by molar-refractivity contribution is 0.161. The Morgan fingerprint density at radius 2 is 1.75 bits per heavy atom. The van der Waals surface area contributed by atoms with Crippen molar-refractivity contribution in [2.24, 2.45) is 0 Å². The molecule has 166 valence electrons. The molecule has 0 saturated carbocycles. The molecule has 1 amide bonds. The summed E-state index contributed by atoms with van der Waals surface area (Å²) in [6, 6.07) is 24.6. The fourth-order valence-corrected chi connectivity index (χ4v) is 4.42. The summed E-state index contributed by atoms with van der Waals surface area (Å²) in [6.45, 7) is 4.55. The lowest BCUT2D eigenvalue weighted by Crippen LogP contribution is -2.37. The molecule has 0 spiro atoms. The lowest BCUT2D eigenvalue weighted by atomic mass is 9.84. The predicted molar refractivity (Wildman–Crippen MR) is 129 cm³/mol. The number of carbonyl (C=O) groups excluding carboxylic acids is 1. The van der Waals surface area contributed by atoms with E-state index >= 15 is 0 Å². The van der Waals surface area contributed by atoms with Crippen LogP contribution in [-0.2, 0) is 11.2 Å². The van der Waals surface area contributed by atoms with Crippen LogP contribution in [0.2, 0.25) is 0 Å². The fraction of sp³-hybridized carbons (Fsp3) is 0.333. The Morgan fingerprint density at radius 3 is 2.44 bits per heavy atom. The monoisotopic (exact) mass is 429 g/mol. The first-order valence-electron chi connectivity index (χ1n) is 11.5. The molecule has 0 radical (unpaired) electrons. The zero-order valence-corrected chi connectivity index (χ0v) is 18.7. The summed E-state index contributed by atoms with van der Waals surface area (Å²) in [7, 11) is 0. The topological polar surface area (TPSA) is 54.5 Å². The molecule has 3 heterocycles. The van der Waals surface area contributed by atoms with Crippen LogP contribution in [-0.4, -0.2) is 30.8 Å². The zero-order chi connectivity index (χ0) is 22.2. The molecule has 0 bridgehead atoms. The summed E-state index contributed by atoms with van der Waals surface area (Å²) in [4.78, 5) is 19.3. The summed E-state index contributed by atoms with van der Waals surface area (Å²) in [5, 5.41) is 2.82. The molecule has 32 heavy (non-hydrogen) atoms. The van der Waals surface area contributed by atoms with Gasteiger partial charge in [-0.15, -0.1) is 0 Å². The molecule has 5 heteroatoms. The number of rotatable bonds is 4. The molecule has 0 fully saturated rings. The highest BCUT2D eigenvalue weighted by atomic mass is 16.5. The molecular formula is C27H31N3O2. The van der Waals surface area contributed by atoms with Crippen LogP contribution in [0.15, 0.2) is 72.8 Å². The number of amides is 1. The van der Waals surface area contributed by atoms with Gasteiger partial charge < -0.3 is 9.64 Å². The summed E-state index contributed by atoms with van der Waals surface area (Å²) in [5.74, 6) is 0.872. The second kappa shape index (κ2) is 10.8. The normalized spacial score (nSPS) is 16.3. The summed E-state index contributed by atoms with van der Waals surface area (Å²) in [5.41, 5.74) is 4.94. The number of nitrogens with zero attached hydrogens (tertiary/aromatic N) is 2. The third kappa shape index (κ3) is 5.28. The second-order valence-corrected chi connectivity index (χ2v) is 8.16. The molecule has 2 aromatic carbocycles. The van der Waals surface area contributed by atoms with E-state index in [4.69, 9.17) is 9.72 Å². The van der Waals surface area contributed by atoms with Gasteiger partial charge in [0.1, 0.15) is 5.82 Å². The van der Waals surface area contributed by atoms with Gasteiger partial charge >= 0.3 is 6.09 Å². The molecule has 2 aliphatic heterocycles. The fourth-order valence-electron chi connectivity index (χ4n) is 4.42. The average Bonchev–Trinajstić information content (AvgIpc) is 2.85. The zero-order valence-electron chi connectivity index (χ0n) is 18.7. The number of hydrogen-bond donors (Lipinski definition) is 1. The third-order valence-electron chi connectivity index (χ3n) is 5.84. The van der Waals surface area contributed by atoms with Crippen LogP contribution in [0.1, 0.15) is 48.9 Å². The maximum atomic E-state index is 12.0. The van der Waals surface area contributed by atoms with Crippen molar-refractivity contribution in [1.82, 2.24) is 4.98 Å². The summed E-state index contributed by atoms with van der Waals surface area (Å²) >= 11 is 0. The van der Waals surface area contributed by atoms with Crippen molar-refractivity contribution in [2.45, 2.75) is 38.5 Å². The van der Waals surface area contributed by atoms with Gasteiger partial charge in [0.05, 0.1) is 18.0 Å². The quantitative estimate of drug-likeness (QED) is 0.551. The number of nitrogens with one attached hydrogen (secondary N) is 1. The highest BCUT2D eigenvalue weighted by Gasteiger charge is 2.32. The van der Waals surface area contributed by atoms with Gasteiger partial charge in [-0.2, -0.15) is 0 Å².